The number of nitrogens with zero attached hydrogens (tertiary/aromatic N) is 1. The summed E-state index contributed by atoms with van der Waals surface area (Å²) in [5.74, 6) is 0.964. The van der Waals surface area contributed by atoms with Gasteiger partial charge in [-0.25, -0.2) is 0 Å². The van der Waals surface area contributed by atoms with Crippen molar-refractivity contribution in [3.8, 4) is 5.75 Å². The van der Waals surface area contributed by atoms with E-state index in [1.54, 1.807) is 13.2 Å². The zero-order valence-electron chi connectivity index (χ0n) is 13.4. The molecule has 5 heteroatoms. The number of likely N-dealkylation sites (N-methyl/N-ethyl adjacent to an activating group) is 1. The number of aryl methyl sites for hydroxylation is 1. The van der Waals surface area contributed by atoms with Gasteiger partial charge in [-0.2, -0.15) is 0 Å². The molecule has 1 heterocycles. The second-order valence-corrected chi connectivity index (χ2v) is 5.36. The molecule has 1 atom stereocenters. The van der Waals surface area contributed by atoms with Crippen LogP contribution in [0.1, 0.15) is 27.7 Å². The van der Waals surface area contributed by atoms with Crippen LogP contribution in [0.25, 0.3) is 0 Å². The Morgan fingerprint density at radius 1 is 1.32 bits per heavy atom. The van der Waals surface area contributed by atoms with E-state index in [0.29, 0.717) is 12.3 Å². The average Bonchev–Trinajstić information content (AvgIpc) is 2.93. The number of hydrogen-bond donors (Lipinski definition) is 1. The van der Waals surface area contributed by atoms with E-state index >= 15 is 0 Å². The molecule has 1 N–H and O–H groups in total. The van der Waals surface area contributed by atoms with Crippen LogP contribution in [-0.4, -0.2) is 38.6 Å². The molecule has 118 valence electrons. The molecule has 1 amide bonds. The summed E-state index contributed by atoms with van der Waals surface area (Å²) in [4.78, 5) is 14.2. The summed E-state index contributed by atoms with van der Waals surface area (Å²) in [6, 6.07) is 9.61. The van der Waals surface area contributed by atoms with Gasteiger partial charge in [-0.05, 0) is 33.2 Å². The van der Waals surface area contributed by atoms with Crippen molar-refractivity contribution >= 4 is 5.91 Å². The number of hydrogen-bond acceptors (Lipinski definition) is 4. The molecule has 22 heavy (non-hydrogen) atoms. The molecule has 0 aliphatic carbocycles. The second-order valence-electron chi connectivity index (χ2n) is 5.36. The van der Waals surface area contributed by atoms with E-state index in [2.05, 4.69) is 5.32 Å². The molecule has 0 aliphatic heterocycles. The number of nitrogens with one attached hydrogen (secondary N) is 1. The van der Waals surface area contributed by atoms with Crippen molar-refractivity contribution < 1.29 is 13.9 Å². The average molecular weight is 302 g/mol. The van der Waals surface area contributed by atoms with E-state index in [9.17, 15) is 4.79 Å². The monoisotopic (exact) mass is 302 g/mol. The Labute approximate surface area is 130 Å². The molecule has 5 nitrogen and oxygen atoms in total. The Bertz CT molecular complexity index is 634. The summed E-state index contributed by atoms with van der Waals surface area (Å²) in [5, 5.41) is 2.93. The summed E-state index contributed by atoms with van der Waals surface area (Å²) in [6.45, 7) is 2.31. The van der Waals surface area contributed by atoms with Gasteiger partial charge < -0.3 is 19.4 Å². The maximum Gasteiger partial charge on any atom is 0.287 e. The van der Waals surface area contributed by atoms with E-state index in [0.717, 1.165) is 16.9 Å². The van der Waals surface area contributed by atoms with Crippen LogP contribution in [0.3, 0.4) is 0 Å². The summed E-state index contributed by atoms with van der Waals surface area (Å²) >= 11 is 0. The molecule has 0 saturated carbocycles. The lowest BCUT2D eigenvalue weighted by atomic mass is 10.0. The molecular weight excluding hydrogens is 280 g/mol. The standard InChI is InChI=1S/C17H22N2O3/c1-12-9-10-22-16(12)17(20)18-11-14(19(2)3)13-7-5-6-8-15(13)21-4/h5-10,14H,11H2,1-4H3,(H,18,20). The first kappa shape index (κ1) is 16.1. The predicted octanol–water partition coefficient (Wildman–Crippen LogP) is 2.63. The van der Waals surface area contributed by atoms with E-state index in [1.165, 1.54) is 6.26 Å². The highest BCUT2D eigenvalue weighted by Gasteiger charge is 2.20. The zero-order valence-corrected chi connectivity index (χ0v) is 13.4. The number of amides is 1. The summed E-state index contributed by atoms with van der Waals surface area (Å²) < 4.78 is 10.6. The number of methoxy groups -OCH3 is 1. The fourth-order valence-corrected chi connectivity index (χ4v) is 2.39. The van der Waals surface area contributed by atoms with Gasteiger partial charge in [0.05, 0.1) is 19.4 Å². The van der Waals surface area contributed by atoms with Gasteiger partial charge in [0, 0.05) is 17.7 Å². The summed E-state index contributed by atoms with van der Waals surface area (Å²) in [7, 11) is 5.60. The summed E-state index contributed by atoms with van der Waals surface area (Å²) in [6.07, 6.45) is 1.52. The van der Waals surface area contributed by atoms with Gasteiger partial charge in [-0.3, -0.25) is 4.79 Å². The van der Waals surface area contributed by atoms with Crippen molar-refractivity contribution in [1.82, 2.24) is 10.2 Å². The van der Waals surface area contributed by atoms with Crippen molar-refractivity contribution in [1.29, 1.82) is 0 Å². The molecular formula is C17H22N2O3. The first-order chi connectivity index (χ1) is 10.5. The molecule has 2 aromatic rings. The number of carbonyl (C=O) groups is 1. The zero-order chi connectivity index (χ0) is 16.1. The van der Waals surface area contributed by atoms with Crippen LogP contribution in [0.2, 0.25) is 0 Å². The highest BCUT2D eigenvalue weighted by atomic mass is 16.5. The van der Waals surface area contributed by atoms with Crippen LogP contribution in [0.4, 0.5) is 0 Å². The Balaban J connectivity index is 2.13. The molecule has 0 fully saturated rings. The minimum Gasteiger partial charge on any atom is -0.496 e. The van der Waals surface area contributed by atoms with Gasteiger partial charge in [-0.15, -0.1) is 0 Å². The fraction of sp³-hybridized carbons (Fsp3) is 0.353. The number of carbonyl (C=O) groups excluding carboxylic acids is 1. The maximum atomic E-state index is 12.2. The third-order valence-electron chi connectivity index (χ3n) is 3.65. The fourth-order valence-electron chi connectivity index (χ4n) is 2.39. The molecule has 0 aliphatic rings. The SMILES string of the molecule is COc1ccccc1C(CNC(=O)c1occc1C)N(C)C. The van der Waals surface area contributed by atoms with Gasteiger partial charge in [0.25, 0.3) is 5.91 Å². The highest BCUT2D eigenvalue weighted by molar-refractivity contribution is 5.92. The molecule has 1 unspecified atom stereocenters. The van der Waals surface area contributed by atoms with Crippen molar-refractivity contribution in [2.24, 2.45) is 0 Å². The number of benzene rings is 1. The van der Waals surface area contributed by atoms with Gasteiger partial charge in [0.1, 0.15) is 5.75 Å². The highest BCUT2D eigenvalue weighted by Crippen LogP contribution is 2.27. The summed E-state index contributed by atoms with van der Waals surface area (Å²) in [5.41, 5.74) is 1.86. The Kier molecular flexibility index (Phi) is 5.22. The van der Waals surface area contributed by atoms with Crippen molar-refractivity contribution in [2.75, 3.05) is 27.7 Å². The molecule has 0 radical (unpaired) electrons. The molecule has 2 rings (SSSR count). The molecule has 1 aromatic heterocycles. The van der Waals surface area contributed by atoms with E-state index in [4.69, 9.17) is 9.15 Å². The first-order valence-corrected chi connectivity index (χ1v) is 7.16. The van der Waals surface area contributed by atoms with E-state index < -0.39 is 0 Å². The van der Waals surface area contributed by atoms with Crippen LogP contribution in [0, 0.1) is 6.92 Å². The molecule has 0 bridgehead atoms. The van der Waals surface area contributed by atoms with Gasteiger partial charge >= 0.3 is 0 Å². The van der Waals surface area contributed by atoms with Crippen molar-refractivity contribution in [3.63, 3.8) is 0 Å². The smallest absolute Gasteiger partial charge is 0.287 e. The topological polar surface area (TPSA) is 54.7 Å². The van der Waals surface area contributed by atoms with Crippen molar-refractivity contribution in [3.05, 3.63) is 53.5 Å². The third-order valence-corrected chi connectivity index (χ3v) is 3.65. The van der Waals surface area contributed by atoms with Gasteiger partial charge in [0.2, 0.25) is 0 Å². The van der Waals surface area contributed by atoms with Crippen LogP contribution in [-0.2, 0) is 0 Å². The third kappa shape index (κ3) is 3.49. The van der Waals surface area contributed by atoms with Crippen molar-refractivity contribution in [2.45, 2.75) is 13.0 Å². The van der Waals surface area contributed by atoms with Crippen LogP contribution in [0.5, 0.6) is 5.75 Å². The second kappa shape index (κ2) is 7.13. The van der Waals surface area contributed by atoms with Crippen LogP contribution in [0.15, 0.2) is 41.0 Å². The number of furan rings is 1. The lowest BCUT2D eigenvalue weighted by Gasteiger charge is -2.26. The number of para-hydroxylation sites is 1. The maximum absolute atomic E-state index is 12.2. The van der Waals surface area contributed by atoms with Gasteiger partial charge in [0.15, 0.2) is 5.76 Å². The molecule has 0 saturated heterocycles. The van der Waals surface area contributed by atoms with Gasteiger partial charge in [-0.1, -0.05) is 18.2 Å². The van der Waals surface area contributed by atoms with E-state index in [-0.39, 0.29) is 11.9 Å². The predicted molar refractivity (Wildman–Crippen MR) is 85.2 cm³/mol. The number of ether oxygens (including phenoxy) is 1. The van der Waals surface area contributed by atoms with E-state index in [1.807, 2.05) is 50.2 Å². The lowest BCUT2D eigenvalue weighted by molar-refractivity contribution is 0.0913. The quantitative estimate of drug-likeness (QED) is 0.891. The largest absolute Gasteiger partial charge is 0.496 e. The Hall–Kier alpha value is -2.27. The van der Waals surface area contributed by atoms with Crippen LogP contribution >= 0.6 is 0 Å². The normalized spacial score (nSPS) is 12.2. The first-order valence-electron chi connectivity index (χ1n) is 7.16. The minimum absolute atomic E-state index is 0.00960. The van der Waals surface area contributed by atoms with Crippen LogP contribution < -0.4 is 10.1 Å². The number of rotatable bonds is 6. The lowest BCUT2D eigenvalue weighted by Crippen LogP contribution is -2.34. The Morgan fingerprint density at radius 3 is 2.64 bits per heavy atom. The Morgan fingerprint density at radius 2 is 2.05 bits per heavy atom. The molecule has 1 aromatic carbocycles. The minimum atomic E-state index is -0.204. The molecule has 0 spiro atoms.